The van der Waals surface area contributed by atoms with Gasteiger partial charge in [-0.1, -0.05) is 6.42 Å². The molecule has 22 heavy (non-hydrogen) atoms. The third kappa shape index (κ3) is 3.55. The maximum Gasteiger partial charge on any atom is 0.410 e. The van der Waals surface area contributed by atoms with E-state index in [4.69, 9.17) is 9.47 Å². The van der Waals surface area contributed by atoms with Gasteiger partial charge in [-0.25, -0.2) is 4.79 Å². The summed E-state index contributed by atoms with van der Waals surface area (Å²) in [4.78, 5) is 26.4. The van der Waals surface area contributed by atoms with Gasteiger partial charge in [-0.05, 0) is 59.3 Å². The van der Waals surface area contributed by atoms with E-state index in [-0.39, 0.29) is 17.5 Å². The fourth-order valence-electron chi connectivity index (χ4n) is 3.43. The Morgan fingerprint density at radius 2 is 1.77 bits per heavy atom. The molecule has 1 heterocycles. The Balaban J connectivity index is 2.00. The van der Waals surface area contributed by atoms with Crippen LogP contribution in [-0.4, -0.2) is 42.3 Å². The predicted molar refractivity (Wildman–Crippen MR) is 83.4 cm³/mol. The lowest BCUT2D eigenvalue weighted by atomic mass is 9.61. The molecule has 1 amide bonds. The predicted octanol–water partition coefficient (Wildman–Crippen LogP) is 3.37. The molecule has 1 aliphatic carbocycles. The van der Waals surface area contributed by atoms with Gasteiger partial charge in [0.1, 0.15) is 5.60 Å². The minimum absolute atomic E-state index is 0.0662. The molecule has 0 aromatic rings. The first-order valence-electron chi connectivity index (χ1n) is 8.43. The van der Waals surface area contributed by atoms with Crippen molar-refractivity contribution in [3.8, 4) is 0 Å². The van der Waals surface area contributed by atoms with Gasteiger partial charge in [-0.3, -0.25) is 4.79 Å². The molecule has 2 fully saturated rings. The average molecular weight is 311 g/mol. The molecule has 0 spiro atoms. The summed E-state index contributed by atoms with van der Waals surface area (Å²) in [7, 11) is 0. The molecule has 2 rings (SSSR count). The zero-order valence-electron chi connectivity index (χ0n) is 14.3. The van der Waals surface area contributed by atoms with Gasteiger partial charge in [0.25, 0.3) is 0 Å². The van der Waals surface area contributed by atoms with E-state index in [1.807, 2.05) is 27.7 Å². The van der Waals surface area contributed by atoms with Crippen LogP contribution in [0.25, 0.3) is 0 Å². The fraction of sp³-hybridized carbons (Fsp3) is 0.882. The van der Waals surface area contributed by atoms with Crippen LogP contribution in [0.15, 0.2) is 0 Å². The molecule has 0 atom stereocenters. The molecule has 0 aromatic carbocycles. The number of esters is 1. The van der Waals surface area contributed by atoms with Crippen molar-refractivity contribution in [1.29, 1.82) is 0 Å². The number of nitrogens with zero attached hydrogens (tertiary/aromatic N) is 1. The fourth-order valence-corrected chi connectivity index (χ4v) is 3.43. The van der Waals surface area contributed by atoms with E-state index in [1.54, 1.807) is 4.90 Å². The van der Waals surface area contributed by atoms with Crippen molar-refractivity contribution in [2.75, 3.05) is 19.7 Å². The van der Waals surface area contributed by atoms with Crippen molar-refractivity contribution in [3.05, 3.63) is 0 Å². The van der Waals surface area contributed by atoms with E-state index in [1.165, 1.54) is 6.42 Å². The molecule has 0 unspecified atom stereocenters. The van der Waals surface area contributed by atoms with Crippen LogP contribution in [-0.2, 0) is 14.3 Å². The Morgan fingerprint density at radius 1 is 1.18 bits per heavy atom. The number of carbonyl (C=O) groups excluding carboxylic acids is 2. The van der Waals surface area contributed by atoms with Crippen LogP contribution >= 0.6 is 0 Å². The summed E-state index contributed by atoms with van der Waals surface area (Å²) in [5.41, 5.74) is -0.868. The number of rotatable bonds is 3. The van der Waals surface area contributed by atoms with Gasteiger partial charge in [0, 0.05) is 13.1 Å². The molecule has 2 aliphatic rings. The monoisotopic (exact) mass is 311 g/mol. The third-order valence-electron chi connectivity index (χ3n) is 4.88. The van der Waals surface area contributed by atoms with Crippen LogP contribution in [0.5, 0.6) is 0 Å². The summed E-state index contributed by atoms with van der Waals surface area (Å²) in [5, 5.41) is 0. The van der Waals surface area contributed by atoms with Crippen LogP contribution in [0.3, 0.4) is 0 Å². The molecule has 1 aliphatic heterocycles. The van der Waals surface area contributed by atoms with Gasteiger partial charge >= 0.3 is 12.1 Å². The molecule has 0 N–H and O–H groups in total. The lowest BCUT2D eigenvalue weighted by molar-refractivity contribution is -0.166. The van der Waals surface area contributed by atoms with Crippen molar-refractivity contribution >= 4 is 12.1 Å². The van der Waals surface area contributed by atoms with E-state index in [9.17, 15) is 9.59 Å². The van der Waals surface area contributed by atoms with E-state index < -0.39 is 5.60 Å². The minimum Gasteiger partial charge on any atom is -0.466 e. The number of hydrogen-bond acceptors (Lipinski definition) is 4. The smallest absolute Gasteiger partial charge is 0.410 e. The van der Waals surface area contributed by atoms with Crippen LogP contribution < -0.4 is 0 Å². The van der Waals surface area contributed by atoms with E-state index in [2.05, 4.69) is 0 Å². The number of amides is 1. The summed E-state index contributed by atoms with van der Waals surface area (Å²) in [6, 6.07) is 0. The normalized spacial score (nSPS) is 21.9. The van der Waals surface area contributed by atoms with Crippen LogP contribution in [0, 0.1) is 11.3 Å². The largest absolute Gasteiger partial charge is 0.466 e. The summed E-state index contributed by atoms with van der Waals surface area (Å²) in [6.45, 7) is 9.02. The molecular formula is C17H29NO4. The second-order valence-electron chi connectivity index (χ2n) is 7.47. The molecule has 0 radical (unpaired) electrons. The Labute approximate surface area is 133 Å². The van der Waals surface area contributed by atoms with Crippen molar-refractivity contribution in [3.63, 3.8) is 0 Å². The first-order chi connectivity index (χ1) is 10.3. The highest BCUT2D eigenvalue weighted by molar-refractivity contribution is 5.78. The number of carbonyl (C=O) groups is 2. The third-order valence-corrected chi connectivity index (χ3v) is 4.88. The van der Waals surface area contributed by atoms with Gasteiger partial charge in [0.05, 0.1) is 12.0 Å². The second-order valence-corrected chi connectivity index (χ2v) is 7.47. The molecular weight excluding hydrogens is 282 g/mol. The first kappa shape index (κ1) is 17.1. The van der Waals surface area contributed by atoms with Gasteiger partial charge in [-0.15, -0.1) is 0 Å². The lowest BCUT2D eigenvalue weighted by Gasteiger charge is -2.47. The molecule has 126 valence electrons. The van der Waals surface area contributed by atoms with Gasteiger partial charge in [-0.2, -0.15) is 0 Å². The average Bonchev–Trinajstić information content (AvgIpc) is 2.35. The summed E-state index contributed by atoms with van der Waals surface area (Å²) in [5.74, 6) is 0.357. The number of ether oxygens (including phenoxy) is 2. The highest BCUT2D eigenvalue weighted by Gasteiger charge is 2.51. The molecule has 1 saturated heterocycles. The van der Waals surface area contributed by atoms with E-state index >= 15 is 0 Å². The Bertz CT molecular complexity index is 415. The second kappa shape index (κ2) is 6.47. The van der Waals surface area contributed by atoms with Gasteiger partial charge < -0.3 is 14.4 Å². The van der Waals surface area contributed by atoms with Gasteiger partial charge in [0.2, 0.25) is 0 Å². The standard InChI is InChI=1S/C17H29NO4/c1-5-21-14(19)17(13-7-6-8-13)9-11-18(12-10-17)15(20)22-16(2,3)4/h13H,5-12H2,1-4H3. The van der Waals surface area contributed by atoms with Crippen LogP contribution in [0.4, 0.5) is 4.79 Å². The first-order valence-corrected chi connectivity index (χ1v) is 8.43. The highest BCUT2D eigenvalue weighted by Crippen LogP contribution is 2.49. The molecule has 0 aromatic heterocycles. The molecule has 0 bridgehead atoms. The maximum atomic E-state index is 12.5. The summed E-state index contributed by atoms with van der Waals surface area (Å²) < 4.78 is 10.8. The van der Waals surface area contributed by atoms with Crippen molar-refractivity contribution in [2.24, 2.45) is 11.3 Å². The Kier molecular flexibility index (Phi) is 5.03. The summed E-state index contributed by atoms with van der Waals surface area (Å²) in [6.07, 6.45) is 4.50. The zero-order chi connectivity index (χ0) is 16.4. The summed E-state index contributed by atoms with van der Waals surface area (Å²) >= 11 is 0. The SMILES string of the molecule is CCOC(=O)C1(C2CCC2)CCN(C(=O)OC(C)(C)C)CC1. The Morgan fingerprint density at radius 3 is 2.18 bits per heavy atom. The van der Waals surface area contributed by atoms with Crippen LogP contribution in [0.1, 0.15) is 59.8 Å². The van der Waals surface area contributed by atoms with Gasteiger partial charge in [0.15, 0.2) is 0 Å². The van der Waals surface area contributed by atoms with Crippen LogP contribution in [0.2, 0.25) is 0 Å². The van der Waals surface area contributed by atoms with Crippen molar-refractivity contribution in [2.45, 2.75) is 65.4 Å². The topological polar surface area (TPSA) is 55.8 Å². The maximum absolute atomic E-state index is 12.5. The number of likely N-dealkylation sites (tertiary alicyclic amines) is 1. The minimum atomic E-state index is -0.485. The lowest BCUT2D eigenvalue weighted by Crippen LogP contribution is -2.52. The number of hydrogen-bond donors (Lipinski definition) is 0. The molecule has 5 heteroatoms. The van der Waals surface area contributed by atoms with E-state index in [0.717, 1.165) is 12.8 Å². The highest BCUT2D eigenvalue weighted by atomic mass is 16.6. The number of piperidine rings is 1. The van der Waals surface area contributed by atoms with Crippen molar-refractivity contribution in [1.82, 2.24) is 4.90 Å². The van der Waals surface area contributed by atoms with Crippen molar-refractivity contribution < 1.29 is 19.1 Å². The molecule has 5 nitrogen and oxygen atoms in total. The molecule has 1 saturated carbocycles. The van der Waals surface area contributed by atoms with E-state index in [0.29, 0.717) is 38.5 Å². The quantitative estimate of drug-likeness (QED) is 0.750. The zero-order valence-corrected chi connectivity index (χ0v) is 14.3. The Hall–Kier alpha value is -1.26.